The molecule has 1 aliphatic carbocycles. The summed E-state index contributed by atoms with van der Waals surface area (Å²) in [6.07, 6.45) is 8.97. The Hall–Kier alpha value is -3.05. The molecule has 0 amide bonds. The van der Waals surface area contributed by atoms with E-state index in [0.717, 1.165) is 23.2 Å². The van der Waals surface area contributed by atoms with Crippen molar-refractivity contribution < 1.29 is 8.95 Å². The van der Waals surface area contributed by atoms with E-state index >= 15 is 0 Å². The van der Waals surface area contributed by atoms with Crippen molar-refractivity contribution in [3.05, 3.63) is 58.6 Å². The summed E-state index contributed by atoms with van der Waals surface area (Å²) in [7, 11) is 1.43. The van der Waals surface area contributed by atoms with E-state index in [0.29, 0.717) is 27.4 Å². The van der Waals surface area contributed by atoms with Gasteiger partial charge >= 0.3 is 0 Å². The van der Waals surface area contributed by atoms with E-state index in [1.807, 2.05) is 6.21 Å². The number of hydrogen-bond acceptors (Lipinski definition) is 8. The average molecular weight is 570 g/mol. The number of nitrogens with one attached hydrogen (secondary N) is 3. The van der Waals surface area contributed by atoms with Crippen LogP contribution in [0.5, 0.6) is 5.75 Å². The standard InChI is InChI=1S/C27H31ClN6O2S.CH5N/c1-3-17-13-18(14-19-16-29-27(31-25(17)19)30-20-9-5-4-6-10-20)22-15-23(36-2)26(33-32-22)34-37(35)24-12-8-7-11-21(24)28;1-2/h7-8,11-16,20,27,30-31H,3-6,9-10H2,1-2H3,(H,33,34);2H2,1H3. The van der Waals surface area contributed by atoms with Crippen LogP contribution in [-0.4, -0.2) is 47.1 Å². The number of benzene rings is 2. The molecule has 1 aliphatic heterocycles. The minimum atomic E-state index is -1.62. The van der Waals surface area contributed by atoms with Crippen LogP contribution in [0.3, 0.4) is 0 Å². The van der Waals surface area contributed by atoms with E-state index in [1.54, 1.807) is 37.4 Å². The molecular weight excluding hydrogens is 534 g/mol. The lowest BCUT2D eigenvalue weighted by molar-refractivity contribution is 0.351. The largest absolute Gasteiger partial charge is 0.493 e. The number of rotatable bonds is 8. The van der Waals surface area contributed by atoms with Crippen LogP contribution in [0.1, 0.15) is 50.2 Å². The second-order valence-corrected chi connectivity index (χ2v) is 10.8. The Morgan fingerprint density at radius 2 is 1.90 bits per heavy atom. The van der Waals surface area contributed by atoms with Gasteiger partial charge in [0.05, 0.1) is 22.7 Å². The number of nitrogens with two attached hydrogens (primary N) is 1. The molecule has 2 unspecified atom stereocenters. The first-order valence-electron chi connectivity index (χ1n) is 13.2. The first kappa shape index (κ1) is 28.9. The quantitative estimate of drug-likeness (QED) is 0.296. The number of fused-ring (bicyclic) bond motifs is 1. The monoisotopic (exact) mass is 569 g/mol. The summed E-state index contributed by atoms with van der Waals surface area (Å²) in [5.74, 6) is 0.711. The number of ether oxygens (including phenoxy) is 1. The highest BCUT2D eigenvalue weighted by molar-refractivity contribution is 7.86. The molecule has 5 N–H and O–H groups in total. The van der Waals surface area contributed by atoms with Crippen LogP contribution in [0.25, 0.3) is 11.3 Å². The van der Waals surface area contributed by atoms with Crippen LogP contribution in [0.2, 0.25) is 5.02 Å². The van der Waals surface area contributed by atoms with Gasteiger partial charge in [-0.25, -0.2) is 4.21 Å². The van der Waals surface area contributed by atoms with Gasteiger partial charge in [-0.05, 0) is 56.1 Å². The maximum atomic E-state index is 12.8. The highest BCUT2D eigenvalue weighted by Gasteiger charge is 2.22. The van der Waals surface area contributed by atoms with E-state index in [2.05, 4.69) is 50.3 Å². The van der Waals surface area contributed by atoms with Gasteiger partial charge in [0, 0.05) is 35.1 Å². The number of anilines is 2. The SMILES string of the molecule is CCc1cc(-c2cc(OC)c(NS(=O)c3ccccc3Cl)nn2)cc2c1NC(NC1CCCCC1)N=C2.CN. The maximum absolute atomic E-state index is 12.8. The van der Waals surface area contributed by atoms with E-state index in [-0.39, 0.29) is 12.1 Å². The predicted octanol–water partition coefficient (Wildman–Crippen LogP) is 5.13. The molecule has 0 spiro atoms. The van der Waals surface area contributed by atoms with E-state index in [4.69, 9.17) is 21.3 Å². The second-order valence-electron chi connectivity index (χ2n) is 9.23. The molecule has 5 rings (SSSR count). The zero-order chi connectivity index (χ0) is 27.8. The fraction of sp³-hybridized carbons (Fsp3) is 0.393. The van der Waals surface area contributed by atoms with Gasteiger partial charge in [0.25, 0.3) is 0 Å². The van der Waals surface area contributed by atoms with Crippen LogP contribution < -0.4 is 25.8 Å². The molecule has 2 aromatic carbocycles. The highest BCUT2D eigenvalue weighted by Crippen LogP contribution is 2.33. The first-order chi connectivity index (χ1) is 19.1. The van der Waals surface area contributed by atoms with Crippen molar-refractivity contribution in [2.24, 2.45) is 10.7 Å². The van der Waals surface area contributed by atoms with Crippen molar-refractivity contribution in [1.82, 2.24) is 15.5 Å². The predicted molar refractivity (Wildman–Crippen MR) is 160 cm³/mol. The molecule has 2 atom stereocenters. The van der Waals surface area contributed by atoms with Gasteiger partial charge in [-0.1, -0.05) is 49.9 Å². The van der Waals surface area contributed by atoms with E-state index in [1.165, 1.54) is 44.7 Å². The molecule has 1 aromatic heterocycles. The number of aryl methyl sites for hydroxylation is 1. The van der Waals surface area contributed by atoms with Gasteiger partial charge in [0.1, 0.15) is 0 Å². The molecule has 1 fully saturated rings. The molecule has 3 aromatic rings. The molecule has 2 heterocycles. The van der Waals surface area contributed by atoms with Crippen LogP contribution in [-0.2, 0) is 17.4 Å². The minimum Gasteiger partial charge on any atom is -0.493 e. The lowest BCUT2D eigenvalue weighted by Gasteiger charge is -2.30. The second kappa shape index (κ2) is 13.8. The number of nitrogens with zero attached hydrogens (tertiary/aromatic N) is 3. The van der Waals surface area contributed by atoms with Crippen molar-refractivity contribution >= 4 is 40.3 Å². The fourth-order valence-corrected chi connectivity index (χ4v) is 6.04. The van der Waals surface area contributed by atoms with E-state index in [9.17, 15) is 4.21 Å². The summed E-state index contributed by atoms with van der Waals surface area (Å²) >= 11 is 6.19. The Labute approximate surface area is 237 Å². The topological polar surface area (TPSA) is 127 Å². The minimum absolute atomic E-state index is 0.115. The van der Waals surface area contributed by atoms with Crippen molar-refractivity contribution in [2.45, 2.75) is 62.7 Å². The fourth-order valence-electron chi connectivity index (χ4n) is 4.82. The lowest BCUT2D eigenvalue weighted by atomic mass is 9.95. The van der Waals surface area contributed by atoms with Gasteiger partial charge in [-0.2, -0.15) is 0 Å². The number of halogens is 1. The molecule has 9 nitrogen and oxygen atoms in total. The summed E-state index contributed by atoms with van der Waals surface area (Å²) in [5, 5.41) is 16.3. The number of aromatic nitrogens is 2. The molecule has 0 saturated heterocycles. The van der Waals surface area contributed by atoms with Crippen molar-refractivity contribution in [2.75, 3.05) is 24.2 Å². The summed E-state index contributed by atoms with van der Waals surface area (Å²) in [4.78, 5) is 5.19. The zero-order valence-corrected chi connectivity index (χ0v) is 24.1. The van der Waals surface area contributed by atoms with Gasteiger partial charge < -0.3 is 15.8 Å². The summed E-state index contributed by atoms with van der Waals surface area (Å²) in [6, 6.07) is 13.4. The van der Waals surface area contributed by atoms with Crippen molar-refractivity contribution in [1.29, 1.82) is 0 Å². The van der Waals surface area contributed by atoms with Crippen molar-refractivity contribution in [3.63, 3.8) is 0 Å². The smallest absolute Gasteiger partial charge is 0.203 e. The maximum Gasteiger partial charge on any atom is 0.203 e. The van der Waals surface area contributed by atoms with Gasteiger partial charge in [-0.3, -0.25) is 15.0 Å². The Kier molecular flexibility index (Phi) is 10.3. The van der Waals surface area contributed by atoms with Gasteiger partial charge in [0.15, 0.2) is 23.0 Å². The molecule has 11 heteroatoms. The summed E-state index contributed by atoms with van der Waals surface area (Å²) < 4.78 is 21.2. The van der Waals surface area contributed by atoms with Gasteiger partial charge in [-0.15, -0.1) is 10.2 Å². The molecule has 39 heavy (non-hydrogen) atoms. The molecule has 208 valence electrons. The Morgan fingerprint density at radius 3 is 2.62 bits per heavy atom. The first-order valence-corrected chi connectivity index (χ1v) is 14.7. The number of hydrogen-bond donors (Lipinski definition) is 4. The third-order valence-electron chi connectivity index (χ3n) is 6.77. The highest BCUT2D eigenvalue weighted by atomic mass is 35.5. The number of aliphatic imine (C=N–C) groups is 1. The molecule has 1 saturated carbocycles. The Morgan fingerprint density at radius 1 is 1.13 bits per heavy atom. The molecule has 0 radical (unpaired) electrons. The molecule has 2 aliphatic rings. The van der Waals surface area contributed by atoms with Gasteiger partial charge in [0.2, 0.25) is 5.82 Å². The molecular formula is C28H36ClN7O2S. The van der Waals surface area contributed by atoms with Crippen LogP contribution in [0.4, 0.5) is 11.5 Å². The number of methoxy groups -OCH3 is 1. The summed E-state index contributed by atoms with van der Waals surface area (Å²) in [6.45, 7) is 2.14. The Balaban J connectivity index is 0.00000172. The summed E-state index contributed by atoms with van der Waals surface area (Å²) in [5.41, 5.74) is 9.35. The van der Waals surface area contributed by atoms with Crippen LogP contribution in [0.15, 0.2) is 52.4 Å². The Bertz CT molecular complexity index is 1330. The van der Waals surface area contributed by atoms with Crippen LogP contribution >= 0.6 is 11.6 Å². The normalized spacial score (nSPS) is 17.3. The third kappa shape index (κ3) is 6.94. The average Bonchev–Trinajstić information content (AvgIpc) is 2.98. The third-order valence-corrected chi connectivity index (χ3v) is 8.35. The van der Waals surface area contributed by atoms with Crippen LogP contribution in [0, 0.1) is 0 Å². The molecule has 0 bridgehead atoms. The lowest BCUT2D eigenvalue weighted by Crippen LogP contribution is -2.44. The van der Waals surface area contributed by atoms with E-state index < -0.39 is 11.0 Å². The van der Waals surface area contributed by atoms with Crippen molar-refractivity contribution in [3.8, 4) is 17.0 Å². The zero-order valence-electron chi connectivity index (χ0n) is 22.5.